The van der Waals surface area contributed by atoms with Crippen LogP contribution in [-0.2, 0) is 6.54 Å². The molecule has 3 aromatic rings. The van der Waals surface area contributed by atoms with Gasteiger partial charge in [-0.25, -0.2) is 0 Å². The van der Waals surface area contributed by atoms with Gasteiger partial charge < -0.3 is 20.2 Å². The van der Waals surface area contributed by atoms with Crippen molar-refractivity contribution in [1.29, 1.82) is 0 Å². The molecule has 2 aromatic heterocycles. The van der Waals surface area contributed by atoms with E-state index in [9.17, 15) is 5.11 Å². The Hall–Kier alpha value is -2.20. The molecule has 0 aliphatic carbocycles. The normalized spacial score (nSPS) is 11.2. The molecule has 0 aliphatic heterocycles. The number of aromatic amines is 1. The Morgan fingerprint density at radius 1 is 1.33 bits per heavy atom. The van der Waals surface area contributed by atoms with Crippen LogP contribution in [0.15, 0.2) is 34.9 Å². The van der Waals surface area contributed by atoms with Crippen LogP contribution < -0.4 is 5.73 Å². The van der Waals surface area contributed by atoms with Crippen molar-refractivity contribution in [2.75, 3.05) is 0 Å². The maximum absolute atomic E-state index is 10.2. The fourth-order valence-corrected chi connectivity index (χ4v) is 2.27. The first kappa shape index (κ1) is 10.9. The first-order chi connectivity index (χ1) is 8.72. The molecule has 0 atom stereocenters. The lowest BCUT2D eigenvalue weighted by Crippen LogP contribution is -1.96. The number of para-hydroxylation sites is 1. The Morgan fingerprint density at radius 3 is 2.83 bits per heavy atom. The fourth-order valence-electron chi connectivity index (χ4n) is 2.27. The largest absolute Gasteiger partial charge is 0.505 e. The van der Waals surface area contributed by atoms with Crippen molar-refractivity contribution in [3.05, 3.63) is 41.8 Å². The minimum absolute atomic E-state index is 0.210. The number of rotatable bonds is 2. The van der Waals surface area contributed by atoms with E-state index < -0.39 is 0 Å². The van der Waals surface area contributed by atoms with E-state index in [1.165, 1.54) is 0 Å². The zero-order valence-electron chi connectivity index (χ0n) is 10.0. The molecule has 0 bridgehead atoms. The third-order valence-corrected chi connectivity index (χ3v) is 3.24. The monoisotopic (exact) mass is 242 g/mol. The molecule has 4 heteroatoms. The second-order valence-corrected chi connectivity index (χ2v) is 4.30. The molecule has 0 aliphatic rings. The highest BCUT2D eigenvalue weighted by Crippen LogP contribution is 2.38. The highest BCUT2D eigenvalue weighted by molar-refractivity contribution is 5.94. The third kappa shape index (κ3) is 1.43. The van der Waals surface area contributed by atoms with E-state index in [4.69, 9.17) is 10.2 Å². The molecule has 0 amide bonds. The summed E-state index contributed by atoms with van der Waals surface area (Å²) in [6.07, 6.45) is 1.65. The number of aromatic nitrogens is 1. The van der Waals surface area contributed by atoms with Crippen LogP contribution in [0.2, 0.25) is 0 Å². The summed E-state index contributed by atoms with van der Waals surface area (Å²) in [5.41, 5.74) is 9.57. The minimum atomic E-state index is 0.210. The van der Waals surface area contributed by atoms with Gasteiger partial charge in [0.15, 0.2) is 0 Å². The van der Waals surface area contributed by atoms with Gasteiger partial charge in [-0.2, -0.15) is 0 Å². The van der Waals surface area contributed by atoms with Crippen LogP contribution in [0, 0.1) is 6.92 Å². The van der Waals surface area contributed by atoms with Crippen LogP contribution in [0.25, 0.3) is 22.2 Å². The fraction of sp³-hybridized carbons (Fsp3) is 0.143. The SMILES string of the molecule is Cc1[nH]c(-c2coc3ccccc23)c(O)c1CN. The van der Waals surface area contributed by atoms with Crippen molar-refractivity contribution in [1.82, 2.24) is 4.98 Å². The Labute approximate surface area is 104 Å². The smallest absolute Gasteiger partial charge is 0.145 e. The predicted octanol–water partition coefficient (Wildman–Crippen LogP) is 2.90. The van der Waals surface area contributed by atoms with Crippen LogP contribution in [-0.4, -0.2) is 10.1 Å². The summed E-state index contributed by atoms with van der Waals surface area (Å²) in [5, 5.41) is 11.2. The van der Waals surface area contributed by atoms with Gasteiger partial charge in [0.1, 0.15) is 17.6 Å². The number of nitrogens with one attached hydrogen (secondary N) is 1. The molecule has 0 unspecified atom stereocenters. The molecular weight excluding hydrogens is 228 g/mol. The molecule has 0 radical (unpaired) electrons. The molecule has 4 nitrogen and oxygen atoms in total. The molecule has 4 N–H and O–H groups in total. The Kier molecular flexibility index (Phi) is 2.38. The molecule has 0 spiro atoms. The minimum Gasteiger partial charge on any atom is -0.505 e. The molecule has 3 rings (SSSR count). The first-order valence-electron chi connectivity index (χ1n) is 5.79. The van der Waals surface area contributed by atoms with Gasteiger partial charge in [0.25, 0.3) is 0 Å². The van der Waals surface area contributed by atoms with E-state index in [-0.39, 0.29) is 5.75 Å². The second kappa shape index (κ2) is 3.92. The van der Waals surface area contributed by atoms with Gasteiger partial charge in [-0.05, 0) is 13.0 Å². The van der Waals surface area contributed by atoms with E-state index in [1.54, 1.807) is 6.26 Å². The quantitative estimate of drug-likeness (QED) is 0.646. The van der Waals surface area contributed by atoms with Crippen LogP contribution in [0.5, 0.6) is 5.75 Å². The summed E-state index contributed by atoms with van der Waals surface area (Å²) in [4.78, 5) is 3.17. The third-order valence-electron chi connectivity index (χ3n) is 3.24. The van der Waals surface area contributed by atoms with E-state index in [2.05, 4.69) is 4.98 Å². The van der Waals surface area contributed by atoms with Gasteiger partial charge >= 0.3 is 0 Å². The Morgan fingerprint density at radius 2 is 2.11 bits per heavy atom. The van der Waals surface area contributed by atoms with E-state index in [0.29, 0.717) is 12.2 Å². The number of aryl methyl sites for hydroxylation is 1. The topological polar surface area (TPSA) is 75.2 Å². The van der Waals surface area contributed by atoms with Gasteiger partial charge in [-0.15, -0.1) is 0 Å². The molecule has 18 heavy (non-hydrogen) atoms. The summed E-state index contributed by atoms with van der Waals surface area (Å²) >= 11 is 0. The average molecular weight is 242 g/mol. The summed E-state index contributed by atoms with van der Waals surface area (Å²) in [7, 11) is 0. The molecular formula is C14H14N2O2. The standard InChI is InChI=1S/C14H14N2O2/c1-8-10(6-15)14(17)13(16-8)11-7-18-12-5-3-2-4-9(11)12/h2-5,7,16-17H,6,15H2,1H3. The van der Waals surface area contributed by atoms with Crippen LogP contribution in [0.3, 0.4) is 0 Å². The summed E-state index contributed by atoms with van der Waals surface area (Å²) in [6.45, 7) is 2.21. The number of hydrogen-bond acceptors (Lipinski definition) is 3. The lowest BCUT2D eigenvalue weighted by Gasteiger charge is -1.97. The van der Waals surface area contributed by atoms with E-state index >= 15 is 0 Å². The van der Waals surface area contributed by atoms with Crippen molar-refractivity contribution in [3.8, 4) is 17.0 Å². The second-order valence-electron chi connectivity index (χ2n) is 4.30. The maximum Gasteiger partial charge on any atom is 0.145 e. The highest BCUT2D eigenvalue weighted by atomic mass is 16.3. The average Bonchev–Trinajstić information content (AvgIpc) is 2.91. The van der Waals surface area contributed by atoms with Crippen molar-refractivity contribution in [2.45, 2.75) is 13.5 Å². The molecule has 2 heterocycles. The maximum atomic E-state index is 10.2. The van der Waals surface area contributed by atoms with Crippen molar-refractivity contribution in [2.24, 2.45) is 5.73 Å². The first-order valence-corrected chi connectivity index (χ1v) is 5.79. The number of nitrogens with two attached hydrogens (primary N) is 1. The van der Waals surface area contributed by atoms with Crippen molar-refractivity contribution in [3.63, 3.8) is 0 Å². The number of benzene rings is 1. The van der Waals surface area contributed by atoms with Gasteiger partial charge in [0.05, 0.1) is 5.69 Å². The molecule has 1 aromatic carbocycles. The zero-order chi connectivity index (χ0) is 12.7. The van der Waals surface area contributed by atoms with E-state index in [1.807, 2.05) is 31.2 Å². The number of furan rings is 1. The predicted molar refractivity (Wildman–Crippen MR) is 70.3 cm³/mol. The van der Waals surface area contributed by atoms with Crippen LogP contribution in [0.4, 0.5) is 0 Å². The van der Waals surface area contributed by atoms with Gasteiger partial charge in [-0.1, -0.05) is 18.2 Å². The van der Waals surface area contributed by atoms with Crippen molar-refractivity contribution >= 4 is 11.0 Å². The summed E-state index contributed by atoms with van der Waals surface area (Å²) in [5.74, 6) is 0.210. The van der Waals surface area contributed by atoms with Gasteiger partial charge in [0.2, 0.25) is 0 Å². The van der Waals surface area contributed by atoms with Crippen LogP contribution >= 0.6 is 0 Å². The van der Waals surface area contributed by atoms with Crippen LogP contribution in [0.1, 0.15) is 11.3 Å². The lowest BCUT2D eigenvalue weighted by molar-refractivity contribution is 0.471. The molecule has 92 valence electrons. The van der Waals surface area contributed by atoms with Crippen molar-refractivity contribution < 1.29 is 9.52 Å². The number of H-pyrrole nitrogens is 1. The zero-order valence-corrected chi connectivity index (χ0v) is 10.0. The number of aromatic hydroxyl groups is 1. The van der Waals surface area contributed by atoms with Gasteiger partial charge in [-0.3, -0.25) is 0 Å². The molecule has 0 saturated heterocycles. The molecule has 0 fully saturated rings. The summed E-state index contributed by atoms with van der Waals surface area (Å²) < 4.78 is 5.48. The lowest BCUT2D eigenvalue weighted by atomic mass is 10.1. The van der Waals surface area contributed by atoms with Gasteiger partial charge in [0, 0.05) is 28.8 Å². The summed E-state index contributed by atoms with van der Waals surface area (Å²) in [6, 6.07) is 7.72. The van der Waals surface area contributed by atoms with E-state index in [0.717, 1.165) is 27.8 Å². The number of fused-ring (bicyclic) bond motifs is 1. The highest BCUT2D eigenvalue weighted by Gasteiger charge is 2.17. The molecule has 0 saturated carbocycles. The Bertz CT molecular complexity index is 710. The number of hydrogen-bond donors (Lipinski definition) is 3. The Balaban J connectivity index is 2.27.